The maximum atomic E-state index is 12.6. The van der Waals surface area contributed by atoms with E-state index in [4.69, 9.17) is 4.74 Å². The van der Waals surface area contributed by atoms with Crippen LogP contribution in [0.25, 0.3) is 0 Å². The highest BCUT2D eigenvalue weighted by atomic mass is 16.5. The number of ether oxygens (including phenoxy) is 1. The molecule has 3 aliphatic rings. The van der Waals surface area contributed by atoms with Crippen molar-refractivity contribution in [3.05, 3.63) is 42.2 Å². The Morgan fingerprint density at radius 3 is 3.10 bits per heavy atom. The fraction of sp³-hybridized carbons (Fsp3) is 0.400. The fourth-order valence-electron chi connectivity index (χ4n) is 3.67. The van der Waals surface area contributed by atoms with Crippen LogP contribution < -0.4 is 5.11 Å². The van der Waals surface area contributed by atoms with Gasteiger partial charge in [-0.2, -0.15) is 0 Å². The second-order valence-corrected chi connectivity index (χ2v) is 5.73. The summed E-state index contributed by atoms with van der Waals surface area (Å²) in [5.74, 6) is -2.98. The molecule has 0 radical (unpaired) electrons. The van der Waals surface area contributed by atoms with Crippen LogP contribution in [-0.2, 0) is 20.9 Å². The van der Waals surface area contributed by atoms with Gasteiger partial charge < -0.3 is 19.5 Å². The average molecular weight is 285 g/mol. The van der Waals surface area contributed by atoms with Gasteiger partial charge in [0, 0.05) is 18.1 Å². The standard InChI is InChI=1S/C15H14N2O4/c18-13-12-11(14(19)20)10-4-5-15(12,21-10)8-17(13)7-9-3-1-2-6-16-9/h1-6,10-12H,7-8H2,(H,19,20)/p-1/t10-,11+,12+,15+/m0/s1. The summed E-state index contributed by atoms with van der Waals surface area (Å²) in [6, 6.07) is 5.50. The number of carboxylic acid groups (broad SMARTS) is 1. The molecule has 4 atom stereocenters. The Morgan fingerprint density at radius 1 is 1.52 bits per heavy atom. The van der Waals surface area contributed by atoms with Gasteiger partial charge >= 0.3 is 0 Å². The van der Waals surface area contributed by atoms with Crippen molar-refractivity contribution in [3.8, 4) is 0 Å². The molecule has 1 spiro atoms. The van der Waals surface area contributed by atoms with Gasteiger partial charge in [0.15, 0.2) is 0 Å². The van der Waals surface area contributed by atoms with Gasteiger partial charge in [0.25, 0.3) is 0 Å². The molecular formula is C15H13N2O4-. The summed E-state index contributed by atoms with van der Waals surface area (Å²) in [5.41, 5.74) is -0.0351. The van der Waals surface area contributed by atoms with Crippen molar-refractivity contribution < 1.29 is 19.4 Å². The monoisotopic (exact) mass is 285 g/mol. The number of pyridine rings is 1. The number of carbonyl (C=O) groups excluding carboxylic acids is 2. The Kier molecular flexibility index (Phi) is 2.47. The number of hydrogen-bond acceptors (Lipinski definition) is 5. The van der Waals surface area contributed by atoms with E-state index in [1.165, 1.54) is 0 Å². The third-order valence-electron chi connectivity index (χ3n) is 4.53. The van der Waals surface area contributed by atoms with E-state index in [0.717, 1.165) is 5.69 Å². The van der Waals surface area contributed by atoms with Crippen LogP contribution in [-0.4, -0.2) is 40.0 Å². The number of amides is 1. The van der Waals surface area contributed by atoms with E-state index in [2.05, 4.69) is 4.98 Å². The van der Waals surface area contributed by atoms with Crippen LogP contribution in [0.3, 0.4) is 0 Å². The van der Waals surface area contributed by atoms with Gasteiger partial charge in [-0.15, -0.1) is 0 Å². The first kappa shape index (κ1) is 12.5. The predicted molar refractivity (Wildman–Crippen MR) is 68.4 cm³/mol. The number of aliphatic carboxylic acids is 1. The average Bonchev–Trinajstić information content (AvgIpc) is 3.09. The smallest absolute Gasteiger partial charge is 0.230 e. The summed E-state index contributed by atoms with van der Waals surface area (Å²) >= 11 is 0. The van der Waals surface area contributed by atoms with Crippen molar-refractivity contribution in [2.75, 3.05) is 6.54 Å². The highest BCUT2D eigenvalue weighted by Crippen LogP contribution is 2.51. The maximum Gasteiger partial charge on any atom is 0.230 e. The molecular weight excluding hydrogens is 272 g/mol. The van der Waals surface area contributed by atoms with E-state index in [1.807, 2.05) is 24.3 Å². The highest BCUT2D eigenvalue weighted by Gasteiger charge is 2.65. The lowest BCUT2D eigenvalue weighted by molar-refractivity contribution is -0.313. The van der Waals surface area contributed by atoms with Gasteiger partial charge in [-0.25, -0.2) is 0 Å². The SMILES string of the molecule is O=C([O-])[C@@H]1[C@@H]2C=C[C@]3(CN(Cc4ccccn4)C(=O)[C@@H]13)O2. The number of rotatable bonds is 3. The summed E-state index contributed by atoms with van der Waals surface area (Å²) in [7, 11) is 0. The first-order valence-corrected chi connectivity index (χ1v) is 6.87. The van der Waals surface area contributed by atoms with Crippen LogP contribution >= 0.6 is 0 Å². The molecule has 0 unspecified atom stereocenters. The number of carbonyl (C=O) groups is 2. The predicted octanol–water partition coefficient (Wildman–Crippen LogP) is -0.887. The van der Waals surface area contributed by atoms with Gasteiger partial charge in [-0.05, 0) is 12.1 Å². The minimum atomic E-state index is -1.22. The zero-order valence-electron chi connectivity index (χ0n) is 11.1. The van der Waals surface area contributed by atoms with Gasteiger partial charge in [0.05, 0.1) is 30.8 Å². The number of nitrogens with zero attached hydrogens (tertiary/aromatic N) is 2. The van der Waals surface area contributed by atoms with E-state index < -0.39 is 29.5 Å². The first-order valence-electron chi connectivity index (χ1n) is 6.87. The second kappa shape index (κ2) is 4.14. The molecule has 1 aromatic heterocycles. The summed E-state index contributed by atoms with van der Waals surface area (Å²) < 4.78 is 5.78. The third-order valence-corrected chi connectivity index (χ3v) is 4.53. The lowest BCUT2D eigenvalue weighted by Gasteiger charge is -2.24. The van der Waals surface area contributed by atoms with Crippen molar-refractivity contribution in [1.82, 2.24) is 9.88 Å². The maximum absolute atomic E-state index is 12.6. The van der Waals surface area contributed by atoms with Crippen molar-refractivity contribution in [2.45, 2.75) is 18.2 Å². The fourth-order valence-corrected chi connectivity index (χ4v) is 3.67. The summed E-state index contributed by atoms with van der Waals surface area (Å²) in [5, 5.41) is 11.3. The quantitative estimate of drug-likeness (QED) is 0.673. The minimum absolute atomic E-state index is 0.193. The molecule has 6 heteroatoms. The Hall–Kier alpha value is -2.21. The molecule has 0 saturated carbocycles. The first-order chi connectivity index (χ1) is 10.1. The molecule has 0 aromatic carbocycles. The zero-order valence-corrected chi connectivity index (χ0v) is 11.1. The number of carboxylic acids is 1. The zero-order chi connectivity index (χ0) is 14.6. The molecule has 6 nitrogen and oxygen atoms in total. The molecule has 1 amide bonds. The summed E-state index contributed by atoms with van der Waals surface area (Å²) in [6.07, 6.45) is 4.69. The molecule has 1 aromatic rings. The van der Waals surface area contributed by atoms with Crippen molar-refractivity contribution in [1.29, 1.82) is 0 Å². The van der Waals surface area contributed by atoms with Crippen LogP contribution in [0.2, 0.25) is 0 Å². The largest absolute Gasteiger partial charge is 0.550 e. The Bertz CT molecular complexity index is 644. The van der Waals surface area contributed by atoms with Crippen molar-refractivity contribution >= 4 is 11.9 Å². The Morgan fingerprint density at radius 2 is 2.38 bits per heavy atom. The molecule has 0 aliphatic carbocycles. The lowest BCUT2D eigenvalue weighted by Crippen LogP contribution is -2.45. The van der Waals surface area contributed by atoms with E-state index in [0.29, 0.717) is 13.1 Å². The van der Waals surface area contributed by atoms with E-state index in [1.54, 1.807) is 17.2 Å². The van der Waals surface area contributed by atoms with Gasteiger partial charge in [0.2, 0.25) is 5.91 Å². The molecule has 108 valence electrons. The third kappa shape index (κ3) is 1.65. The number of hydrogen-bond donors (Lipinski definition) is 0. The molecule has 0 N–H and O–H groups in total. The number of likely N-dealkylation sites (tertiary alicyclic amines) is 1. The van der Waals surface area contributed by atoms with E-state index >= 15 is 0 Å². The topological polar surface area (TPSA) is 82.6 Å². The number of fused-ring (bicyclic) bond motifs is 1. The summed E-state index contributed by atoms with van der Waals surface area (Å²) in [4.78, 5) is 29.7. The normalized spacial score (nSPS) is 36.3. The van der Waals surface area contributed by atoms with Gasteiger partial charge in [-0.1, -0.05) is 18.2 Å². The summed E-state index contributed by atoms with van der Waals surface area (Å²) in [6.45, 7) is 0.726. The van der Waals surface area contributed by atoms with Crippen molar-refractivity contribution in [3.63, 3.8) is 0 Å². The molecule has 4 heterocycles. The van der Waals surface area contributed by atoms with E-state index in [9.17, 15) is 14.7 Å². The minimum Gasteiger partial charge on any atom is -0.550 e. The molecule has 4 rings (SSSR count). The highest BCUT2D eigenvalue weighted by molar-refractivity contribution is 5.90. The Labute approximate surface area is 121 Å². The molecule has 21 heavy (non-hydrogen) atoms. The van der Waals surface area contributed by atoms with E-state index in [-0.39, 0.29) is 5.91 Å². The van der Waals surface area contributed by atoms with Crippen LogP contribution in [0.5, 0.6) is 0 Å². The molecule has 2 fully saturated rings. The molecule has 3 aliphatic heterocycles. The second-order valence-electron chi connectivity index (χ2n) is 5.73. The van der Waals surface area contributed by atoms with Crippen LogP contribution in [0.4, 0.5) is 0 Å². The van der Waals surface area contributed by atoms with Crippen LogP contribution in [0.1, 0.15) is 5.69 Å². The molecule has 2 saturated heterocycles. The molecule has 2 bridgehead atoms. The number of aromatic nitrogens is 1. The van der Waals surface area contributed by atoms with Crippen LogP contribution in [0, 0.1) is 11.8 Å². The Balaban J connectivity index is 1.63. The lowest BCUT2D eigenvalue weighted by atomic mass is 9.77. The van der Waals surface area contributed by atoms with Crippen LogP contribution in [0.15, 0.2) is 36.5 Å². The van der Waals surface area contributed by atoms with Gasteiger partial charge in [0.1, 0.15) is 5.60 Å². The van der Waals surface area contributed by atoms with Crippen molar-refractivity contribution in [2.24, 2.45) is 11.8 Å². The van der Waals surface area contributed by atoms with Gasteiger partial charge in [-0.3, -0.25) is 9.78 Å².